The van der Waals surface area contributed by atoms with Crippen molar-refractivity contribution < 1.29 is 9.90 Å². The number of carbonyl (C=O) groups is 1. The molecule has 4 nitrogen and oxygen atoms in total. The van der Waals surface area contributed by atoms with Crippen molar-refractivity contribution in [2.75, 3.05) is 0 Å². The van der Waals surface area contributed by atoms with Crippen molar-refractivity contribution in [1.29, 1.82) is 0 Å². The van der Waals surface area contributed by atoms with E-state index in [1.54, 1.807) is 6.07 Å². The molecule has 0 saturated heterocycles. The summed E-state index contributed by atoms with van der Waals surface area (Å²) in [5.74, 6) is 0.171. The van der Waals surface area contributed by atoms with Crippen LogP contribution in [0.3, 0.4) is 0 Å². The van der Waals surface area contributed by atoms with Gasteiger partial charge in [-0.1, -0.05) is 24.3 Å². The van der Waals surface area contributed by atoms with E-state index in [9.17, 15) is 9.90 Å². The number of aromatic amines is 1. The van der Waals surface area contributed by atoms with Gasteiger partial charge in [0.15, 0.2) is 5.78 Å². The largest absolute Gasteiger partial charge is 0.505 e. The lowest BCUT2D eigenvalue weighted by Crippen LogP contribution is -2.14. The molecule has 4 rings (SSSR count). The van der Waals surface area contributed by atoms with Crippen LogP contribution < -0.4 is 0 Å². The smallest absolute Gasteiger partial charge is 0.171 e. The highest BCUT2D eigenvalue weighted by atomic mass is 16.3. The van der Waals surface area contributed by atoms with Gasteiger partial charge in [0.05, 0.1) is 17.8 Å². The molecule has 0 unspecified atom stereocenters. The number of para-hydroxylation sites is 2. The van der Waals surface area contributed by atoms with E-state index < -0.39 is 0 Å². The fourth-order valence-corrected chi connectivity index (χ4v) is 2.72. The van der Waals surface area contributed by atoms with Crippen LogP contribution in [0.5, 0.6) is 5.75 Å². The Bertz CT molecular complexity index is 906. The number of nitrogens with one attached hydrogen (secondary N) is 1. The molecule has 0 radical (unpaired) electrons. The average molecular weight is 276 g/mol. The lowest BCUT2D eigenvalue weighted by atomic mass is 9.98. The number of H-pyrrole nitrogens is 1. The van der Waals surface area contributed by atoms with E-state index in [1.807, 2.05) is 42.5 Å². The molecule has 2 N–H and O–H groups in total. The maximum Gasteiger partial charge on any atom is 0.171 e. The molecule has 0 saturated carbocycles. The minimum Gasteiger partial charge on any atom is -0.505 e. The molecule has 2 heterocycles. The second-order valence-corrected chi connectivity index (χ2v) is 5.07. The fourth-order valence-electron chi connectivity index (χ4n) is 2.72. The normalized spacial score (nSPS) is 14.1. The van der Waals surface area contributed by atoms with Gasteiger partial charge in [0.25, 0.3) is 0 Å². The molecular weight excluding hydrogens is 264 g/mol. The number of hydrogen-bond acceptors (Lipinski definition) is 3. The van der Waals surface area contributed by atoms with Crippen LogP contribution in [0.4, 0.5) is 5.69 Å². The van der Waals surface area contributed by atoms with Crippen LogP contribution in [0.2, 0.25) is 0 Å². The number of rotatable bonds is 1. The number of benzene rings is 2. The first kappa shape index (κ1) is 11.9. The van der Waals surface area contributed by atoms with E-state index in [-0.39, 0.29) is 18.0 Å². The summed E-state index contributed by atoms with van der Waals surface area (Å²) in [7, 11) is 0. The Morgan fingerprint density at radius 1 is 1.05 bits per heavy atom. The second-order valence-electron chi connectivity index (χ2n) is 5.07. The molecule has 2 aromatic carbocycles. The summed E-state index contributed by atoms with van der Waals surface area (Å²) in [5.41, 5.74) is 3.23. The van der Waals surface area contributed by atoms with Gasteiger partial charge < -0.3 is 10.1 Å². The highest BCUT2D eigenvalue weighted by molar-refractivity contribution is 6.22. The molecule has 0 aliphatic carbocycles. The van der Waals surface area contributed by atoms with E-state index >= 15 is 0 Å². The first-order valence-corrected chi connectivity index (χ1v) is 6.74. The van der Waals surface area contributed by atoms with E-state index in [2.05, 4.69) is 9.98 Å². The van der Waals surface area contributed by atoms with Gasteiger partial charge in [-0.25, -0.2) is 4.99 Å². The number of ketones is 1. The molecule has 3 aromatic rings. The summed E-state index contributed by atoms with van der Waals surface area (Å²) in [5, 5.41) is 11.1. The van der Waals surface area contributed by atoms with Crippen LogP contribution in [0.15, 0.2) is 53.5 Å². The Kier molecular flexibility index (Phi) is 2.44. The zero-order chi connectivity index (χ0) is 14.4. The minimum atomic E-state index is 0.0219. The summed E-state index contributed by atoms with van der Waals surface area (Å²) in [6.45, 7) is 0. The zero-order valence-electron chi connectivity index (χ0n) is 11.1. The number of aliphatic imine (C=N–C) groups is 1. The zero-order valence-corrected chi connectivity index (χ0v) is 11.1. The lowest BCUT2D eigenvalue weighted by molar-refractivity contribution is 0.1000. The molecule has 0 bridgehead atoms. The number of fused-ring (bicyclic) bond motifs is 2. The Morgan fingerprint density at radius 3 is 2.67 bits per heavy atom. The Hall–Kier alpha value is -2.88. The van der Waals surface area contributed by atoms with Crippen molar-refractivity contribution in [3.05, 3.63) is 59.8 Å². The number of carbonyl (C=O) groups excluding carboxylic acids is 1. The molecule has 1 aliphatic heterocycles. The minimum absolute atomic E-state index is 0.0219. The number of aromatic hydroxyl groups is 1. The predicted octanol–water partition coefficient (Wildman–Crippen LogP) is 3.58. The second kappa shape index (κ2) is 4.31. The molecule has 1 aliphatic rings. The number of Topliss-reactive ketones (excluding diaryl/α,β-unsaturated/α-hetero) is 1. The molecule has 4 heteroatoms. The van der Waals surface area contributed by atoms with Crippen molar-refractivity contribution >= 4 is 28.1 Å². The van der Waals surface area contributed by atoms with Crippen LogP contribution in [0.25, 0.3) is 10.9 Å². The Balaban J connectivity index is 1.92. The molecule has 0 amide bonds. The SMILES string of the molecule is O=C1CC(c2[nH]c3ccccc3c2O)=Nc2ccccc21. The third kappa shape index (κ3) is 1.76. The molecule has 21 heavy (non-hydrogen) atoms. The number of nitrogens with zero attached hydrogens (tertiary/aromatic N) is 1. The Labute approximate surface area is 120 Å². The third-order valence-electron chi connectivity index (χ3n) is 3.76. The summed E-state index contributed by atoms with van der Waals surface area (Å²) in [6, 6.07) is 14.8. The highest BCUT2D eigenvalue weighted by Crippen LogP contribution is 2.33. The summed E-state index contributed by atoms with van der Waals surface area (Å²) in [6.07, 6.45) is 0.192. The third-order valence-corrected chi connectivity index (χ3v) is 3.76. The number of aromatic nitrogens is 1. The van der Waals surface area contributed by atoms with Gasteiger partial charge in [0.2, 0.25) is 0 Å². The van der Waals surface area contributed by atoms with Gasteiger partial charge in [0.1, 0.15) is 11.4 Å². The quantitative estimate of drug-likeness (QED) is 0.713. The average Bonchev–Trinajstić information content (AvgIpc) is 2.85. The highest BCUT2D eigenvalue weighted by Gasteiger charge is 2.24. The van der Waals surface area contributed by atoms with Gasteiger partial charge >= 0.3 is 0 Å². The van der Waals surface area contributed by atoms with Crippen molar-refractivity contribution in [3.63, 3.8) is 0 Å². The molecule has 0 spiro atoms. The molecule has 1 aromatic heterocycles. The van der Waals surface area contributed by atoms with Crippen LogP contribution in [-0.2, 0) is 0 Å². The van der Waals surface area contributed by atoms with Crippen molar-refractivity contribution in [2.24, 2.45) is 4.99 Å². The first-order chi connectivity index (χ1) is 10.2. The molecule has 102 valence electrons. The molecule has 0 atom stereocenters. The van der Waals surface area contributed by atoms with E-state index in [0.717, 1.165) is 10.9 Å². The fraction of sp³-hybridized carbons (Fsp3) is 0.0588. The van der Waals surface area contributed by atoms with Gasteiger partial charge in [0, 0.05) is 16.5 Å². The standard InChI is InChI=1S/C17H12N2O2/c20-15-9-14(18-12-7-3-1-5-10(12)15)16-17(21)11-6-2-4-8-13(11)19-16/h1-8,19,21H,9H2. The molecule has 0 fully saturated rings. The van der Waals surface area contributed by atoms with Gasteiger partial charge in [-0.3, -0.25) is 4.79 Å². The van der Waals surface area contributed by atoms with Crippen molar-refractivity contribution in [3.8, 4) is 5.75 Å². The summed E-state index contributed by atoms with van der Waals surface area (Å²) in [4.78, 5) is 19.9. The van der Waals surface area contributed by atoms with Crippen molar-refractivity contribution in [1.82, 2.24) is 4.98 Å². The maximum atomic E-state index is 12.2. The van der Waals surface area contributed by atoms with E-state index in [4.69, 9.17) is 0 Å². The van der Waals surface area contributed by atoms with Crippen LogP contribution >= 0.6 is 0 Å². The summed E-state index contributed by atoms with van der Waals surface area (Å²) >= 11 is 0. The predicted molar refractivity (Wildman–Crippen MR) is 81.6 cm³/mol. The van der Waals surface area contributed by atoms with Gasteiger partial charge in [-0.15, -0.1) is 0 Å². The van der Waals surface area contributed by atoms with Gasteiger partial charge in [-0.05, 0) is 24.3 Å². The van der Waals surface area contributed by atoms with Gasteiger partial charge in [-0.2, -0.15) is 0 Å². The first-order valence-electron chi connectivity index (χ1n) is 6.74. The maximum absolute atomic E-state index is 12.2. The number of hydrogen-bond donors (Lipinski definition) is 2. The molecular formula is C17H12N2O2. The van der Waals surface area contributed by atoms with Crippen LogP contribution in [0, 0.1) is 0 Å². The van der Waals surface area contributed by atoms with E-state index in [1.165, 1.54) is 0 Å². The van der Waals surface area contributed by atoms with Crippen molar-refractivity contribution in [2.45, 2.75) is 6.42 Å². The monoisotopic (exact) mass is 276 g/mol. The van der Waals surface area contributed by atoms with Crippen LogP contribution in [-0.4, -0.2) is 21.6 Å². The van der Waals surface area contributed by atoms with Crippen LogP contribution in [0.1, 0.15) is 22.5 Å². The summed E-state index contributed by atoms with van der Waals surface area (Å²) < 4.78 is 0. The Morgan fingerprint density at radius 2 is 1.81 bits per heavy atom. The lowest BCUT2D eigenvalue weighted by Gasteiger charge is -2.13. The van der Waals surface area contributed by atoms with E-state index in [0.29, 0.717) is 22.7 Å². The topological polar surface area (TPSA) is 65.5 Å².